The second-order valence-electron chi connectivity index (χ2n) is 4.65. The molecule has 2 aromatic heterocycles. The minimum absolute atomic E-state index is 0.0206. The third-order valence-electron chi connectivity index (χ3n) is 3.09. The molecule has 1 atom stereocenters. The zero-order valence-electron chi connectivity index (χ0n) is 12.2. The van der Waals surface area contributed by atoms with Gasteiger partial charge in [0.25, 0.3) is 0 Å². The van der Waals surface area contributed by atoms with E-state index < -0.39 is 29.7 Å². The van der Waals surface area contributed by atoms with Crippen molar-refractivity contribution in [3.05, 3.63) is 48.6 Å². The molecule has 0 aliphatic rings. The minimum Gasteiger partial charge on any atom is -0.502 e. The highest BCUT2D eigenvalue weighted by molar-refractivity contribution is 9.11. The number of aromatic hydroxyl groups is 1. The van der Waals surface area contributed by atoms with Gasteiger partial charge in [0, 0.05) is 10.9 Å². The number of aliphatic hydroxyl groups is 1. The average molecular weight is 403 g/mol. The van der Waals surface area contributed by atoms with E-state index in [-0.39, 0.29) is 24.5 Å². The first-order chi connectivity index (χ1) is 11.0. The Hall–Kier alpha value is -1.64. The highest BCUT2D eigenvalue weighted by Gasteiger charge is 2.27. The summed E-state index contributed by atoms with van der Waals surface area (Å²) in [6.45, 7) is 1.44. The van der Waals surface area contributed by atoms with Crippen molar-refractivity contribution in [2.45, 2.75) is 25.9 Å². The largest absolute Gasteiger partial charge is 0.502 e. The fraction of sp³-hybridized carbons (Fsp3) is 0.333. The Labute approximate surface area is 144 Å². The van der Waals surface area contributed by atoms with Gasteiger partial charge in [-0.05, 0) is 35.0 Å². The molecule has 6 nitrogen and oxygen atoms in total. The zero-order chi connectivity index (χ0) is 17.0. The molecule has 2 rings (SSSR count). The van der Waals surface area contributed by atoms with Gasteiger partial charge in [0.1, 0.15) is 12.4 Å². The molecule has 2 N–H and O–H groups in total. The molecule has 0 saturated heterocycles. The topological polar surface area (TPSA) is 97.0 Å². The molecular weight excluding hydrogens is 388 g/mol. The highest BCUT2D eigenvalue weighted by atomic mass is 79.9. The SMILES string of the molecule is CCOC(=O)C[C@H](c1ccc(Br)s1)c1oc(CO)cc(=O)c1O. The Morgan fingerprint density at radius 3 is 2.78 bits per heavy atom. The molecule has 0 radical (unpaired) electrons. The standard InChI is InChI=1S/C15H15BrO6S/c1-2-21-13(19)6-9(11-3-4-12(16)23-11)15-14(20)10(18)5-8(7-17)22-15/h3-5,9,17,20H,2,6-7H2,1H3/t9-/m1/s1. The predicted molar refractivity (Wildman–Crippen MR) is 87.7 cm³/mol. The van der Waals surface area contributed by atoms with Crippen molar-refractivity contribution < 1.29 is 24.2 Å². The van der Waals surface area contributed by atoms with E-state index in [0.717, 1.165) is 14.7 Å². The van der Waals surface area contributed by atoms with E-state index in [9.17, 15) is 19.8 Å². The number of hydrogen-bond donors (Lipinski definition) is 2. The highest BCUT2D eigenvalue weighted by Crippen LogP contribution is 2.38. The molecule has 2 heterocycles. The van der Waals surface area contributed by atoms with E-state index >= 15 is 0 Å². The third kappa shape index (κ3) is 4.21. The quantitative estimate of drug-likeness (QED) is 0.720. The fourth-order valence-corrected chi connectivity index (χ4v) is 3.62. The van der Waals surface area contributed by atoms with E-state index in [0.29, 0.717) is 0 Å². The Morgan fingerprint density at radius 2 is 2.22 bits per heavy atom. The molecule has 0 fully saturated rings. The van der Waals surface area contributed by atoms with Gasteiger partial charge in [0.05, 0.1) is 22.7 Å². The van der Waals surface area contributed by atoms with Gasteiger partial charge in [0.2, 0.25) is 11.2 Å². The van der Waals surface area contributed by atoms with Crippen LogP contribution in [-0.4, -0.2) is 22.8 Å². The molecule has 124 valence electrons. The van der Waals surface area contributed by atoms with Crippen molar-refractivity contribution in [3.8, 4) is 5.75 Å². The second kappa shape index (κ2) is 7.76. The van der Waals surface area contributed by atoms with E-state index in [1.165, 1.54) is 11.3 Å². The van der Waals surface area contributed by atoms with Crippen molar-refractivity contribution in [2.75, 3.05) is 6.61 Å². The van der Waals surface area contributed by atoms with Gasteiger partial charge < -0.3 is 19.4 Å². The molecule has 0 amide bonds. The van der Waals surface area contributed by atoms with Crippen molar-refractivity contribution in [1.82, 2.24) is 0 Å². The average Bonchev–Trinajstić information content (AvgIpc) is 2.94. The molecule has 0 unspecified atom stereocenters. The zero-order valence-corrected chi connectivity index (χ0v) is 14.6. The van der Waals surface area contributed by atoms with Crippen LogP contribution in [0.25, 0.3) is 0 Å². The third-order valence-corrected chi connectivity index (χ3v) is 4.82. The van der Waals surface area contributed by atoms with Crippen molar-refractivity contribution in [1.29, 1.82) is 0 Å². The van der Waals surface area contributed by atoms with E-state index in [1.54, 1.807) is 19.1 Å². The van der Waals surface area contributed by atoms with E-state index in [4.69, 9.17) is 9.15 Å². The van der Waals surface area contributed by atoms with Gasteiger partial charge in [-0.25, -0.2) is 0 Å². The number of thiophene rings is 1. The van der Waals surface area contributed by atoms with Crippen LogP contribution >= 0.6 is 27.3 Å². The summed E-state index contributed by atoms with van der Waals surface area (Å²) in [5.74, 6) is -1.75. The lowest BCUT2D eigenvalue weighted by atomic mass is 9.99. The summed E-state index contributed by atoms with van der Waals surface area (Å²) < 4.78 is 11.2. The molecule has 2 aromatic rings. The number of halogens is 1. The normalized spacial score (nSPS) is 12.1. The van der Waals surface area contributed by atoms with Crippen LogP contribution in [0.3, 0.4) is 0 Å². The number of carbonyl (C=O) groups excluding carboxylic acids is 1. The fourth-order valence-electron chi connectivity index (χ4n) is 2.09. The predicted octanol–water partition coefficient (Wildman–Crippen LogP) is 2.75. The Balaban J connectivity index is 2.51. The lowest BCUT2D eigenvalue weighted by Gasteiger charge is -2.15. The summed E-state index contributed by atoms with van der Waals surface area (Å²) in [5.41, 5.74) is -0.667. The van der Waals surface area contributed by atoms with Crippen LogP contribution in [-0.2, 0) is 16.1 Å². The molecular formula is C15H15BrO6S. The molecule has 8 heteroatoms. The van der Waals surface area contributed by atoms with Crippen LogP contribution in [0.5, 0.6) is 5.75 Å². The number of esters is 1. The second-order valence-corrected chi connectivity index (χ2v) is 7.15. The molecule has 0 aromatic carbocycles. The van der Waals surface area contributed by atoms with Gasteiger partial charge in [-0.3, -0.25) is 9.59 Å². The van der Waals surface area contributed by atoms with E-state index in [1.807, 2.05) is 0 Å². The monoisotopic (exact) mass is 402 g/mol. The number of hydrogen-bond acceptors (Lipinski definition) is 7. The first-order valence-electron chi connectivity index (χ1n) is 6.83. The van der Waals surface area contributed by atoms with Crippen LogP contribution < -0.4 is 5.43 Å². The van der Waals surface area contributed by atoms with Gasteiger partial charge >= 0.3 is 5.97 Å². The van der Waals surface area contributed by atoms with Crippen LogP contribution in [0, 0.1) is 0 Å². The van der Waals surface area contributed by atoms with Crippen molar-refractivity contribution >= 4 is 33.2 Å². The first kappa shape index (κ1) is 17.7. The molecule has 0 aliphatic carbocycles. The first-order valence-corrected chi connectivity index (χ1v) is 8.44. The number of carbonyl (C=O) groups is 1. The van der Waals surface area contributed by atoms with Crippen molar-refractivity contribution in [3.63, 3.8) is 0 Å². The van der Waals surface area contributed by atoms with Gasteiger partial charge in [-0.2, -0.15) is 0 Å². The van der Waals surface area contributed by atoms with Gasteiger partial charge in [0.15, 0.2) is 5.76 Å². The van der Waals surface area contributed by atoms with Gasteiger partial charge in [-0.15, -0.1) is 11.3 Å². The maximum atomic E-state index is 11.9. The lowest BCUT2D eigenvalue weighted by molar-refractivity contribution is -0.143. The van der Waals surface area contributed by atoms with Gasteiger partial charge in [-0.1, -0.05) is 0 Å². The minimum atomic E-state index is -0.676. The summed E-state index contributed by atoms with van der Waals surface area (Å²) in [6, 6.07) is 4.58. The van der Waals surface area contributed by atoms with Crippen LogP contribution in [0.1, 0.15) is 35.7 Å². The molecule has 0 bridgehead atoms. The van der Waals surface area contributed by atoms with Crippen LogP contribution in [0.15, 0.2) is 31.2 Å². The Kier molecular flexibility index (Phi) is 5.97. The summed E-state index contributed by atoms with van der Waals surface area (Å²) >= 11 is 4.69. The molecule has 23 heavy (non-hydrogen) atoms. The van der Waals surface area contributed by atoms with Crippen molar-refractivity contribution in [2.24, 2.45) is 0 Å². The maximum absolute atomic E-state index is 11.9. The number of ether oxygens (including phenoxy) is 1. The smallest absolute Gasteiger partial charge is 0.306 e. The van der Waals surface area contributed by atoms with Crippen LogP contribution in [0.2, 0.25) is 0 Å². The number of aliphatic hydroxyl groups excluding tert-OH is 1. The molecule has 0 spiro atoms. The summed E-state index contributed by atoms with van der Waals surface area (Å²) in [7, 11) is 0. The van der Waals surface area contributed by atoms with E-state index in [2.05, 4.69) is 15.9 Å². The Bertz CT molecular complexity index is 751. The summed E-state index contributed by atoms with van der Waals surface area (Å²) in [5, 5.41) is 19.2. The van der Waals surface area contributed by atoms with Crippen LogP contribution in [0.4, 0.5) is 0 Å². The molecule has 0 aliphatic heterocycles. The lowest BCUT2D eigenvalue weighted by Crippen LogP contribution is -2.14. The maximum Gasteiger partial charge on any atom is 0.306 e. The summed E-state index contributed by atoms with van der Waals surface area (Å²) in [4.78, 5) is 24.4. The molecule has 0 saturated carbocycles. The summed E-state index contributed by atoms with van der Waals surface area (Å²) in [6.07, 6.45) is -0.0911. The Morgan fingerprint density at radius 1 is 1.48 bits per heavy atom. The number of rotatable bonds is 6.